The van der Waals surface area contributed by atoms with E-state index in [1.165, 1.54) is 31.2 Å². The van der Waals surface area contributed by atoms with E-state index in [-0.39, 0.29) is 23.3 Å². The summed E-state index contributed by atoms with van der Waals surface area (Å²) in [5, 5.41) is 0. The van der Waals surface area contributed by atoms with Crippen molar-refractivity contribution in [3.05, 3.63) is 101 Å². The Hall–Kier alpha value is -2.85. The van der Waals surface area contributed by atoms with Crippen molar-refractivity contribution in [2.24, 2.45) is 0 Å². The number of halogens is 6. The van der Waals surface area contributed by atoms with Crippen LogP contribution in [-0.2, 0) is 31.5 Å². The Morgan fingerprint density at radius 1 is 0.842 bits per heavy atom. The molecule has 4 rings (SSSR count). The summed E-state index contributed by atoms with van der Waals surface area (Å²) in [6.07, 6.45) is -3.83. The minimum atomic E-state index is -4.95. The monoisotopic (exact) mass is 556 g/mol. The third-order valence-corrected chi connectivity index (χ3v) is 9.97. The zero-order chi connectivity index (χ0) is 27.8. The third-order valence-electron chi connectivity index (χ3n) is 7.41. The van der Waals surface area contributed by atoms with Crippen LogP contribution in [-0.4, -0.2) is 14.6 Å². The number of benzene rings is 3. The van der Waals surface area contributed by atoms with Gasteiger partial charge < -0.3 is 4.74 Å². The predicted molar refractivity (Wildman–Crippen MR) is 129 cm³/mol. The Kier molecular flexibility index (Phi) is 7.69. The fourth-order valence-electron chi connectivity index (χ4n) is 5.24. The SMILES string of the molecule is CCC(OCc1c(F)cccc1F)(c1ccc(C2(S(=O)(=O)c3ccc(F)cc3)CCCC2)cc1)C(F)(F)F. The van der Waals surface area contributed by atoms with E-state index in [1.807, 2.05) is 0 Å². The van der Waals surface area contributed by atoms with Crippen molar-refractivity contribution >= 4 is 9.84 Å². The highest BCUT2D eigenvalue weighted by molar-refractivity contribution is 7.92. The van der Waals surface area contributed by atoms with Gasteiger partial charge in [-0.3, -0.25) is 0 Å². The maximum absolute atomic E-state index is 14.4. The van der Waals surface area contributed by atoms with Crippen molar-refractivity contribution in [1.82, 2.24) is 0 Å². The molecule has 10 heteroatoms. The minimum absolute atomic E-state index is 0.0710. The first-order valence-electron chi connectivity index (χ1n) is 12.1. The standard InChI is InChI=1S/C28H26F6O3S/c1-2-27(28(32,33)34,37-18-23-24(30)6-5-7-25(23)31)20-10-8-19(9-11-20)26(16-3-4-17-26)38(35,36)22-14-12-21(29)13-15-22/h5-15H,2-4,16-18H2,1H3. The quantitative estimate of drug-likeness (QED) is 0.211. The molecule has 0 N–H and O–H groups in total. The van der Waals surface area contributed by atoms with Gasteiger partial charge in [0.15, 0.2) is 15.4 Å². The van der Waals surface area contributed by atoms with Crippen molar-refractivity contribution in [3.8, 4) is 0 Å². The van der Waals surface area contributed by atoms with Crippen LogP contribution >= 0.6 is 0 Å². The van der Waals surface area contributed by atoms with Gasteiger partial charge in [0.2, 0.25) is 0 Å². The summed E-state index contributed by atoms with van der Waals surface area (Å²) >= 11 is 0. The van der Waals surface area contributed by atoms with Crippen molar-refractivity contribution in [1.29, 1.82) is 0 Å². The molecule has 0 bridgehead atoms. The highest BCUT2D eigenvalue weighted by Gasteiger charge is 2.56. The maximum atomic E-state index is 14.4. The second kappa shape index (κ2) is 10.4. The maximum Gasteiger partial charge on any atom is 0.421 e. The Bertz CT molecular complexity index is 1360. The first kappa shape index (κ1) is 28.2. The Morgan fingerprint density at radius 2 is 1.39 bits per heavy atom. The van der Waals surface area contributed by atoms with Crippen molar-refractivity contribution in [2.45, 2.75) is 67.1 Å². The lowest BCUT2D eigenvalue weighted by Gasteiger charge is -2.36. The number of hydrogen-bond acceptors (Lipinski definition) is 3. The molecule has 204 valence electrons. The van der Waals surface area contributed by atoms with E-state index in [9.17, 15) is 34.8 Å². The Labute approximate surface area is 217 Å². The summed E-state index contributed by atoms with van der Waals surface area (Å²) in [5.41, 5.74) is -3.52. The lowest BCUT2D eigenvalue weighted by molar-refractivity contribution is -0.290. The Morgan fingerprint density at radius 3 is 1.89 bits per heavy atom. The topological polar surface area (TPSA) is 43.4 Å². The molecule has 38 heavy (non-hydrogen) atoms. The molecule has 1 atom stereocenters. The first-order chi connectivity index (χ1) is 17.9. The van der Waals surface area contributed by atoms with Crippen LogP contribution in [0.25, 0.3) is 0 Å². The highest BCUT2D eigenvalue weighted by Crippen LogP contribution is 2.50. The summed E-state index contributed by atoms with van der Waals surface area (Å²) in [6, 6.07) is 12.4. The van der Waals surface area contributed by atoms with E-state index in [0.29, 0.717) is 18.4 Å². The molecular weight excluding hydrogens is 530 g/mol. The molecule has 3 aromatic rings. The van der Waals surface area contributed by atoms with Gasteiger partial charge >= 0.3 is 6.18 Å². The fraction of sp³-hybridized carbons (Fsp3) is 0.357. The van der Waals surface area contributed by atoms with Gasteiger partial charge in [0.05, 0.1) is 11.5 Å². The second-order valence-electron chi connectivity index (χ2n) is 9.40. The average Bonchev–Trinajstić information content (AvgIpc) is 3.38. The molecule has 0 heterocycles. The zero-order valence-corrected chi connectivity index (χ0v) is 21.3. The molecule has 0 amide bonds. The van der Waals surface area contributed by atoms with Gasteiger partial charge in [-0.1, -0.05) is 50.1 Å². The summed E-state index contributed by atoms with van der Waals surface area (Å²) in [5.74, 6) is -2.64. The predicted octanol–water partition coefficient (Wildman–Crippen LogP) is 7.73. The van der Waals surface area contributed by atoms with Crippen molar-refractivity contribution < 1.29 is 39.5 Å². The van der Waals surface area contributed by atoms with Gasteiger partial charge in [0.1, 0.15) is 22.2 Å². The number of rotatable bonds is 8. The van der Waals surface area contributed by atoms with Gasteiger partial charge in [0, 0.05) is 5.56 Å². The molecule has 0 saturated heterocycles. The zero-order valence-electron chi connectivity index (χ0n) is 20.5. The van der Waals surface area contributed by atoms with Crippen LogP contribution in [0.3, 0.4) is 0 Å². The first-order valence-corrected chi connectivity index (χ1v) is 13.6. The van der Waals surface area contributed by atoms with Crippen molar-refractivity contribution in [3.63, 3.8) is 0 Å². The smallest absolute Gasteiger partial charge is 0.356 e. The number of sulfone groups is 1. The van der Waals surface area contributed by atoms with Gasteiger partial charge in [-0.15, -0.1) is 0 Å². The normalized spacial score (nSPS) is 17.3. The number of alkyl halides is 3. The molecule has 1 unspecified atom stereocenters. The van der Waals surface area contributed by atoms with Gasteiger partial charge in [-0.05, 0) is 66.8 Å². The molecular formula is C28H26F6O3S. The minimum Gasteiger partial charge on any atom is -0.356 e. The molecule has 1 aliphatic carbocycles. The van der Waals surface area contributed by atoms with E-state index in [2.05, 4.69) is 0 Å². The third kappa shape index (κ3) is 4.73. The van der Waals surface area contributed by atoms with Crippen molar-refractivity contribution in [2.75, 3.05) is 0 Å². The van der Waals surface area contributed by atoms with Crippen LogP contribution in [0.5, 0.6) is 0 Å². The molecule has 0 spiro atoms. The van der Waals surface area contributed by atoms with Crippen LogP contribution < -0.4 is 0 Å². The fourth-order valence-corrected chi connectivity index (χ4v) is 7.46. The molecule has 1 saturated carbocycles. The van der Waals surface area contributed by atoms with Gasteiger partial charge in [-0.2, -0.15) is 13.2 Å². The summed E-state index contributed by atoms with van der Waals surface area (Å²) in [6.45, 7) is 0.285. The van der Waals surface area contributed by atoms with Crippen LogP contribution in [0.2, 0.25) is 0 Å². The molecule has 3 aromatic carbocycles. The molecule has 0 radical (unpaired) electrons. The summed E-state index contributed by atoms with van der Waals surface area (Å²) in [7, 11) is -4.01. The number of hydrogen-bond donors (Lipinski definition) is 0. The van der Waals surface area contributed by atoms with E-state index >= 15 is 0 Å². The Balaban J connectivity index is 1.74. The molecule has 1 fully saturated rings. The van der Waals surface area contributed by atoms with E-state index in [0.717, 1.165) is 42.5 Å². The lowest BCUT2D eigenvalue weighted by Crippen LogP contribution is -2.44. The lowest BCUT2D eigenvalue weighted by atomic mass is 9.87. The van der Waals surface area contributed by atoms with Crippen LogP contribution in [0.15, 0.2) is 71.6 Å². The average molecular weight is 557 g/mol. The second-order valence-corrected chi connectivity index (χ2v) is 11.7. The summed E-state index contributed by atoms with van der Waals surface area (Å²) in [4.78, 5) is -0.0710. The van der Waals surface area contributed by atoms with Crippen LogP contribution in [0, 0.1) is 17.5 Å². The largest absolute Gasteiger partial charge is 0.421 e. The van der Waals surface area contributed by atoms with E-state index in [1.54, 1.807) is 0 Å². The van der Waals surface area contributed by atoms with E-state index in [4.69, 9.17) is 4.74 Å². The molecule has 0 aromatic heterocycles. The van der Waals surface area contributed by atoms with E-state index < -0.39 is 62.4 Å². The molecule has 0 aliphatic heterocycles. The highest BCUT2D eigenvalue weighted by atomic mass is 32.2. The number of ether oxygens (including phenoxy) is 1. The molecule has 1 aliphatic rings. The molecule has 3 nitrogen and oxygen atoms in total. The summed E-state index contributed by atoms with van der Waals surface area (Å²) < 4.78 is 116. The van der Waals surface area contributed by atoms with Gasteiger partial charge in [0.25, 0.3) is 0 Å². The van der Waals surface area contributed by atoms with Crippen LogP contribution in [0.4, 0.5) is 26.3 Å². The van der Waals surface area contributed by atoms with Crippen LogP contribution in [0.1, 0.15) is 55.7 Å². The van der Waals surface area contributed by atoms with Gasteiger partial charge in [-0.25, -0.2) is 21.6 Å².